The molecule has 0 aliphatic carbocycles. The lowest BCUT2D eigenvalue weighted by molar-refractivity contribution is -0.132. The summed E-state index contributed by atoms with van der Waals surface area (Å²) in [4.78, 5) is 18.7. The van der Waals surface area contributed by atoms with E-state index in [1.165, 1.54) is 0 Å². The van der Waals surface area contributed by atoms with Crippen LogP contribution in [0.4, 0.5) is 0 Å². The van der Waals surface area contributed by atoms with Gasteiger partial charge in [0.05, 0.1) is 19.0 Å². The van der Waals surface area contributed by atoms with E-state index in [0.29, 0.717) is 19.0 Å². The fourth-order valence-corrected chi connectivity index (χ4v) is 2.27. The van der Waals surface area contributed by atoms with Crippen LogP contribution in [0.25, 0.3) is 0 Å². The molecule has 0 bridgehead atoms. The van der Waals surface area contributed by atoms with Crippen molar-refractivity contribution in [1.82, 2.24) is 9.88 Å². The van der Waals surface area contributed by atoms with Crippen molar-refractivity contribution < 1.29 is 9.53 Å². The first-order valence-electron chi connectivity index (χ1n) is 5.24. The highest BCUT2D eigenvalue weighted by Gasteiger charge is 2.16. The Morgan fingerprint density at radius 3 is 2.75 bits per heavy atom. The number of aromatic nitrogens is 1. The topological polar surface area (TPSA) is 42.4 Å². The van der Waals surface area contributed by atoms with Gasteiger partial charge in [0.25, 0.3) is 0 Å². The first-order chi connectivity index (χ1) is 7.86. The third-order valence-corrected chi connectivity index (χ3v) is 3.37. The minimum Gasteiger partial charge on any atom is -0.378 e. The zero-order valence-corrected chi connectivity index (χ0v) is 9.78. The maximum atomic E-state index is 11.8. The van der Waals surface area contributed by atoms with E-state index in [2.05, 4.69) is 4.98 Å². The molecule has 1 aliphatic heterocycles. The van der Waals surface area contributed by atoms with Crippen LogP contribution in [0, 0.1) is 0 Å². The Morgan fingerprint density at radius 2 is 2.06 bits per heavy atom. The number of pyridine rings is 1. The molecule has 1 saturated heterocycles. The van der Waals surface area contributed by atoms with Gasteiger partial charge >= 0.3 is 0 Å². The van der Waals surface area contributed by atoms with Crippen LogP contribution in [0.1, 0.15) is 0 Å². The van der Waals surface area contributed by atoms with E-state index in [4.69, 9.17) is 4.74 Å². The van der Waals surface area contributed by atoms with Gasteiger partial charge < -0.3 is 9.64 Å². The van der Waals surface area contributed by atoms with Gasteiger partial charge in [-0.1, -0.05) is 0 Å². The van der Waals surface area contributed by atoms with Crippen molar-refractivity contribution in [2.75, 3.05) is 32.1 Å². The molecule has 2 heterocycles. The fourth-order valence-electron chi connectivity index (χ4n) is 1.48. The summed E-state index contributed by atoms with van der Waals surface area (Å²) < 4.78 is 5.20. The average molecular weight is 238 g/mol. The maximum absolute atomic E-state index is 11.8. The van der Waals surface area contributed by atoms with Crippen LogP contribution in [-0.2, 0) is 9.53 Å². The molecule has 1 fully saturated rings. The third-order valence-electron chi connectivity index (χ3n) is 2.38. The first kappa shape index (κ1) is 11.4. The van der Waals surface area contributed by atoms with E-state index in [1.54, 1.807) is 24.2 Å². The van der Waals surface area contributed by atoms with E-state index >= 15 is 0 Å². The Kier molecular flexibility index (Phi) is 4.18. The molecule has 1 aliphatic rings. The summed E-state index contributed by atoms with van der Waals surface area (Å²) in [7, 11) is 0. The average Bonchev–Trinajstić information content (AvgIpc) is 2.38. The van der Waals surface area contributed by atoms with Gasteiger partial charge in [-0.3, -0.25) is 9.78 Å². The number of rotatable bonds is 3. The SMILES string of the molecule is O=C(CSc1ccncc1)N1CCOCC1. The van der Waals surface area contributed by atoms with Crippen LogP contribution >= 0.6 is 11.8 Å². The standard InChI is InChI=1S/C11H14N2O2S/c14-11(13-5-7-15-8-6-13)9-16-10-1-3-12-4-2-10/h1-4H,5-9H2. The number of thioether (sulfide) groups is 1. The van der Waals surface area contributed by atoms with Crippen LogP contribution in [0.2, 0.25) is 0 Å². The highest BCUT2D eigenvalue weighted by Crippen LogP contribution is 2.16. The van der Waals surface area contributed by atoms with Crippen molar-refractivity contribution in [1.29, 1.82) is 0 Å². The van der Waals surface area contributed by atoms with Crippen molar-refractivity contribution in [2.24, 2.45) is 0 Å². The predicted octanol–water partition coefficient (Wildman–Crippen LogP) is 1.03. The van der Waals surface area contributed by atoms with Gasteiger partial charge in [0.2, 0.25) is 5.91 Å². The molecule has 16 heavy (non-hydrogen) atoms. The molecule has 5 heteroatoms. The molecule has 0 N–H and O–H groups in total. The fraction of sp³-hybridized carbons (Fsp3) is 0.455. The zero-order valence-electron chi connectivity index (χ0n) is 8.96. The number of nitrogens with zero attached hydrogens (tertiary/aromatic N) is 2. The quantitative estimate of drug-likeness (QED) is 0.738. The lowest BCUT2D eigenvalue weighted by atomic mass is 10.4. The van der Waals surface area contributed by atoms with E-state index in [9.17, 15) is 4.79 Å². The molecule has 0 atom stereocenters. The van der Waals surface area contributed by atoms with Gasteiger partial charge in [-0.15, -0.1) is 11.8 Å². The van der Waals surface area contributed by atoms with Crippen molar-refractivity contribution in [3.8, 4) is 0 Å². The van der Waals surface area contributed by atoms with Crippen molar-refractivity contribution in [3.05, 3.63) is 24.5 Å². The number of carbonyl (C=O) groups excluding carboxylic acids is 1. The highest BCUT2D eigenvalue weighted by molar-refractivity contribution is 8.00. The number of hydrogen-bond acceptors (Lipinski definition) is 4. The smallest absolute Gasteiger partial charge is 0.233 e. The van der Waals surface area contributed by atoms with Crippen LogP contribution in [0.5, 0.6) is 0 Å². The summed E-state index contributed by atoms with van der Waals surface area (Å²) in [5.74, 6) is 0.675. The van der Waals surface area contributed by atoms with E-state index in [1.807, 2.05) is 17.0 Å². The zero-order chi connectivity index (χ0) is 11.2. The Bertz CT molecular complexity index is 339. The minimum atomic E-state index is 0.185. The molecular weight excluding hydrogens is 224 g/mol. The lowest BCUT2D eigenvalue weighted by Crippen LogP contribution is -2.41. The number of amides is 1. The van der Waals surface area contributed by atoms with Gasteiger partial charge in [-0.25, -0.2) is 0 Å². The Balaban J connectivity index is 1.79. The Labute approximate surface area is 99.0 Å². The van der Waals surface area contributed by atoms with Crippen molar-refractivity contribution in [2.45, 2.75) is 4.90 Å². The molecule has 1 aromatic rings. The van der Waals surface area contributed by atoms with Crippen LogP contribution in [0.15, 0.2) is 29.4 Å². The minimum absolute atomic E-state index is 0.185. The molecule has 0 unspecified atom stereocenters. The van der Waals surface area contributed by atoms with E-state index in [-0.39, 0.29) is 5.91 Å². The second-order valence-electron chi connectivity index (χ2n) is 3.46. The molecular formula is C11H14N2O2S. The maximum Gasteiger partial charge on any atom is 0.233 e. The monoisotopic (exact) mass is 238 g/mol. The molecule has 0 aromatic carbocycles. The molecule has 1 aromatic heterocycles. The van der Waals surface area contributed by atoms with Crippen molar-refractivity contribution >= 4 is 17.7 Å². The summed E-state index contributed by atoms with van der Waals surface area (Å²) in [5.41, 5.74) is 0. The summed E-state index contributed by atoms with van der Waals surface area (Å²) in [6.07, 6.45) is 3.48. The van der Waals surface area contributed by atoms with Gasteiger partial charge in [0, 0.05) is 30.4 Å². The number of carbonyl (C=O) groups is 1. The van der Waals surface area contributed by atoms with Crippen LogP contribution in [0.3, 0.4) is 0 Å². The van der Waals surface area contributed by atoms with Crippen molar-refractivity contribution in [3.63, 3.8) is 0 Å². The second-order valence-corrected chi connectivity index (χ2v) is 4.51. The Morgan fingerprint density at radius 1 is 1.38 bits per heavy atom. The van der Waals surface area contributed by atoms with Gasteiger partial charge in [-0.2, -0.15) is 0 Å². The number of hydrogen-bond donors (Lipinski definition) is 0. The summed E-state index contributed by atoms with van der Waals surface area (Å²) in [5, 5.41) is 0. The largest absolute Gasteiger partial charge is 0.378 e. The van der Waals surface area contributed by atoms with E-state index in [0.717, 1.165) is 18.0 Å². The third kappa shape index (κ3) is 3.21. The highest BCUT2D eigenvalue weighted by atomic mass is 32.2. The normalized spacial score (nSPS) is 16.1. The number of morpholine rings is 1. The molecule has 4 nitrogen and oxygen atoms in total. The summed E-state index contributed by atoms with van der Waals surface area (Å²) >= 11 is 1.55. The molecule has 86 valence electrons. The molecule has 0 radical (unpaired) electrons. The van der Waals surface area contributed by atoms with Gasteiger partial charge in [0.1, 0.15) is 0 Å². The van der Waals surface area contributed by atoms with Gasteiger partial charge in [-0.05, 0) is 12.1 Å². The van der Waals surface area contributed by atoms with Crippen LogP contribution < -0.4 is 0 Å². The van der Waals surface area contributed by atoms with Gasteiger partial charge in [0.15, 0.2) is 0 Å². The molecule has 2 rings (SSSR count). The second kappa shape index (κ2) is 5.86. The number of ether oxygens (including phenoxy) is 1. The summed E-state index contributed by atoms with van der Waals surface area (Å²) in [6, 6.07) is 3.83. The van der Waals surface area contributed by atoms with Crippen LogP contribution in [-0.4, -0.2) is 47.8 Å². The predicted molar refractivity (Wildman–Crippen MR) is 62.4 cm³/mol. The summed E-state index contributed by atoms with van der Waals surface area (Å²) in [6.45, 7) is 2.75. The molecule has 0 spiro atoms. The lowest BCUT2D eigenvalue weighted by Gasteiger charge is -2.26. The van der Waals surface area contributed by atoms with E-state index < -0.39 is 0 Å². The Hall–Kier alpha value is -1.07. The molecule has 1 amide bonds. The molecule has 0 saturated carbocycles. The first-order valence-corrected chi connectivity index (χ1v) is 6.23.